The first-order chi connectivity index (χ1) is 14.3. The number of nitrogens with zero attached hydrogens (tertiary/aromatic N) is 2. The largest absolute Gasteiger partial charge is 0.400 e. The predicted molar refractivity (Wildman–Crippen MR) is 112 cm³/mol. The lowest BCUT2D eigenvalue weighted by molar-refractivity contribution is -0.221. The first-order valence-corrected chi connectivity index (χ1v) is 10.8. The second-order valence-corrected chi connectivity index (χ2v) is 8.86. The van der Waals surface area contributed by atoms with Crippen LogP contribution >= 0.6 is 0 Å². The third-order valence-corrected chi connectivity index (χ3v) is 7.05. The van der Waals surface area contributed by atoms with E-state index in [1.807, 2.05) is 30.3 Å². The van der Waals surface area contributed by atoms with E-state index in [1.165, 1.54) is 17.4 Å². The number of amides is 1. The molecule has 1 amide bonds. The highest BCUT2D eigenvalue weighted by Gasteiger charge is 2.61. The van der Waals surface area contributed by atoms with Gasteiger partial charge in [0.1, 0.15) is 5.41 Å². The minimum absolute atomic E-state index is 0.143. The molecule has 2 heterocycles. The molecule has 3 atom stereocenters. The van der Waals surface area contributed by atoms with E-state index in [-0.39, 0.29) is 24.7 Å². The number of hydrogen-bond donors (Lipinski definition) is 0. The van der Waals surface area contributed by atoms with Crippen LogP contribution in [-0.2, 0) is 4.79 Å². The fourth-order valence-electron chi connectivity index (χ4n) is 5.28. The number of halogens is 3. The van der Waals surface area contributed by atoms with Gasteiger partial charge in [-0.3, -0.25) is 4.79 Å². The fraction of sp³-hybridized carbons (Fsp3) is 0.542. The van der Waals surface area contributed by atoms with E-state index in [0.29, 0.717) is 6.54 Å². The Morgan fingerprint density at radius 2 is 1.80 bits per heavy atom. The zero-order valence-corrected chi connectivity index (χ0v) is 17.4. The number of rotatable bonds is 4. The minimum atomic E-state index is -4.43. The van der Waals surface area contributed by atoms with Crippen LogP contribution in [0.15, 0.2) is 48.6 Å². The van der Waals surface area contributed by atoms with Gasteiger partial charge in [-0.2, -0.15) is 13.2 Å². The van der Waals surface area contributed by atoms with Crippen LogP contribution in [0.3, 0.4) is 0 Å². The van der Waals surface area contributed by atoms with Crippen LogP contribution in [0.2, 0.25) is 0 Å². The second kappa shape index (κ2) is 8.22. The Balaban J connectivity index is 1.57. The van der Waals surface area contributed by atoms with Gasteiger partial charge in [0.15, 0.2) is 0 Å². The third kappa shape index (κ3) is 3.82. The number of allylic oxidation sites excluding steroid dienone is 3. The van der Waals surface area contributed by atoms with Gasteiger partial charge in [-0.1, -0.05) is 55.0 Å². The molecule has 1 aromatic rings. The molecule has 1 unspecified atom stereocenters. The van der Waals surface area contributed by atoms with Gasteiger partial charge in [0, 0.05) is 13.6 Å². The average molecular weight is 419 g/mol. The summed E-state index contributed by atoms with van der Waals surface area (Å²) >= 11 is 0. The van der Waals surface area contributed by atoms with Crippen molar-refractivity contribution in [3.05, 3.63) is 54.1 Å². The van der Waals surface area contributed by atoms with E-state index in [9.17, 15) is 18.0 Å². The molecule has 2 saturated heterocycles. The van der Waals surface area contributed by atoms with Gasteiger partial charge in [0.05, 0.1) is 12.0 Å². The molecule has 1 aliphatic carbocycles. The highest BCUT2D eigenvalue weighted by Crippen LogP contribution is 2.53. The van der Waals surface area contributed by atoms with Crippen molar-refractivity contribution >= 4 is 11.5 Å². The standard InChI is InChI=1S/C24H29F3N2O/c1-28-21(16-20(22(28)30)17-29-14-6-3-7-15-29)23(24(25,26)27)12-10-19(11-13-23)18-8-4-2-5-9-18/h2,4-5,8-12,20-21H,3,6-7,13-17H2,1H3/t20-,21+,23?/m1/s1. The Hall–Kier alpha value is -2.08. The summed E-state index contributed by atoms with van der Waals surface area (Å²) in [5.74, 6) is -0.509. The molecule has 4 rings (SSSR count). The van der Waals surface area contributed by atoms with Crippen molar-refractivity contribution < 1.29 is 18.0 Å². The van der Waals surface area contributed by atoms with Crippen molar-refractivity contribution in [2.45, 2.75) is 44.3 Å². The lowest BCUT2D eigenvalue weighted by atomic mass is 9.71. The molecule has 2 fully saturated rings. The van der Waals surface area contributed by atoms with Gasteiger partial charge in [-0.05, 0) is 49.9 Å². The van der Waals surface area contributed by atoms with Crippen molar-refractivity contribution in [1.82, 2.24) is 9.80 Å². The Morgan fingerprint density at radius 1 is 1.10 bits per heavy atom. The van der Waals surface area contributed by atoms with E-state index in [4.69, 9.17) is 0 Å². The van der Waals surface area contributed by atoms with Crippen LogP contribution in [0.5, 0.6) is 0 Å². The molecule has 0 radical (unpaired) electrons. The molecule has 0 bridgehead atoms. The molecule has 0 aromatic heterocycles. The fourth-order valence-corrected chi connectivity index (χ4v) is 5.28. The topological polar surface area (TPSA) is 23.6 Å². The van der Waals surface area contributed by atoms with E-state index in [1.54, 1.807) is 19.2 Å². The molecule has 1 aromatic carbocycles. The smallest absolute Gasteiger partial charge is 0.341 e. The molecule has 3 nitrogen and oxygen atoms in total. The number of piperidine rings is 1. The number of carbonyl (C=O) groups is 1. The zero-order chi connectivity index (χ0) is 21.4. The third-order valence-electron chi connectivity index (χ3n) is 7.05. The second-order valence-electron chi connectivity index (χ2n) is 8.86. The van der Waals surface area contributed by atoms with Crippen molar-refractivity contribution in [3.8, 4) is 0 Å². The summed E-state index contributed by atoms with van der Waals surface area (Å²) in [5.41, 5.74) is -0.331. The van der Waals surface area contributed by atoms with E-state index in [0.717, 1.165) is 37.1 Å². The zero-order valence-electron chi connectivity index (χ0n) is 17.4. The van der Waals surface area contributed by atoms with E-state index < -0.39 is 17.6 Å². The molecular weight excluding hydrogens is 389 g/mol. The van der Waals surface area contributed by atoms with Gasteiger partial charge in [0.25, 0.3) is 0 Å². The molecule has 6 heteroatoms. The van der Waals surface area contributed by atoms with Crippen LogP contribution < -0.4 is 0 Å². The van der Waals surface area contributed by atoms with Crippen molar-refractivity contribution in [1.29, 1.82) is 0 Å². The summed E-state index contributed by atoms with van der Waals surface area (Å²) in [5, 5.41) is 0. The molecular formula is C24H29F3N2O. The summed E-state index contributed by atoms with van der Waals surface area (Å²) in [7, 11) is 1.54. The summed E-state index contributed by atoms with van der Waals surface area (Å²) < 4.78 is 43.3. The maximum absolute atomic E-state index is 14.4. The normalized spacial score (nSPS) is 30.6. The first-order valence-electron chi connectivity index (χ1n) is 10.8. The van der Waals surface area contributed by atoms with Gasteiger partial charge in [-0.25, -0.2) is 0 Å². The van der Waals surface area contributed by atoms with Crippen LogP contribution in [0.25, 0.3) is 5.57 Å². The maximum atomic E-state index is 14.4. The maximum Gasteiger partial charge on any atom is 0.400 e. The van der Waals surface area contributed by atoms with Crippen LogP contribution in [0.4, 0.5) is 13.2 Å². The quantitative estimate of drug-likeness (QED) is 0.694. The predicted octanol–water partition coefficient (Wildman–Crippen LogP) is 4.91. The minimum Gasteiger partial charge on any atom is -0.341 e. The number of alkyl halides is 3. The molecule has 0 saturated carbocycles. The van der Waals surface area contributed by atoms with Crippen molar-refractivity contribution in [2.75, 3.05) is 26.7 Å². The highest BCUT2D eigenvalue weighted by molar-refractivity contribution is 5.82. The van der Waals surface area contributed by atoms with Gasteiger partial charge >= 0.3 is 6.18 Å². The summed E-state index contributed by atoms with van der Waals surface area (Å²) in [6.45, 7) is 2.44. The van der Waals surface area contributed by atoms with Crippen LogP contribution in [0, 0.1) is 11.3 Å². The number of likely N-dealkylation sites (tertiary alicyclic amines) is 2. The Bertz CT molecular complexity index is 827. The average Bonchev–Trinajstić information content (AvgIpc) is 3.03. The number of carbonyl (C=O) groups excluding carboxylic acids is 1. The monoisotopic (exact) mass is 418 g/mol. The van der Waals surface area contributed by atoms with Crippen LogP contribution in [-0.4, -0.2) is 54.6 Å². The van der Waals surface area contributed by atoms with Crippen LogP contribution in [0.1, 0.15) is 37.7 Å². The molecule has 30 heavy (non-hydrogen) atoms. The van der Waals surface area contributed by atoms with Gasteiger partial charge in [-0.15, -0.1) is 0 Å². The highest BCUT2D eigenvalue weighted by atomic mass is 19.4. The van der Waals surface area contributed by atoms with Gasteiger partial charge in [0.2, 0.25) is 5.91 Å². The molecule has 162 valence electrons. The number of hydrogen-bond acceptors (Lipinski definition) is 2. The Labute approximate surface area is 176 Å². The van der Waals surface area contributed by atoms with Gasteiger partial charge < -0.3 is 9.80 Å². The Morgan fingerprint density at radius 3 is 2.40 bits per heavy atom. The first kappa shape index (κ1) is 21.2. The van der Waals surface area contributed by atoms with Crippen molar-refractivity contribution in [3.63, 3.8) is 0 Å². The molecule has 2 aliphatic heterocycles. The lowest BCUT2D eigenvalue weighted by Crippen LogP contribution is -2.51. The SMILES string of the molecule is CN1C(=O)[C@@H](CN2CCCCC2)C[C@H]1C1(C(F)(F)F)C=CC(c2ccccc2)=CC1. The molecule has 0 spiro atoms. The van der Waals surface area contributed by atoms with E-state index in [2.05, 4.69) is 4.90 Å². The summed E-state index contributed by atoms with van der Waals surface area (Å²) in [4.78, 5) is 16.5. The number of benzene rings is 1. The summed E-state index contributed by atoms with van der Waals surface area (Å²) in [6.07, 6.45) is 3.65. The van der Waals surface area contributed by atoms with Crippen molar-refractivity contribution in [2.24, 2.45) is 11.3 Å². The summed E-state index contributed by atoms with van der Waals surface area (Å²) in [6, 6.07) is 8.57. The molecule has 3 aliphatic rings. The Kier molecular flexibility index (Phi) is 5.80. The molecule has 0 N–H and O–H groups in total. The van der Waals surface area contributed by atoms with E-state index >= 15 is 0 Å². The lowest BCUT2D eigenvalue weighted by Gasteiger charge is -2.42.